The normalized spacial score (nSPS) is 12.6. The molecule has 3 heteroatoms. The average Bonchev–Trinajstić information content (AvgIpc) is 2.58. The second-order valence-electron chi connectivity index (χ2n) is 5.01. The van der Waals surface area contributed by atoms with Gasteiger partial charge in [0.15, 0.2) is 0 Å². The van der Waals surface area contributed by atoms with Gasteiger partial charge in [-0.25, -0.2) is 4.98 Å². The molecule has 0 bridgehead atoms. The lowest BCUT2D eigenvalue weighted by Gasteiger charge is -2.17. The molecule has 1 N–H and O–H groups in total. The predicted octanol–water partition coefficient (Wildman–Crippen LogP) is 2.84. The lowest BCUT2D eigenvalue weighted by Crippen LogP contribution is -2.15. The number of aliphatic hydroxyl groups is 1. The van der Waals surface area contributed by atoms with Crippen LogP contribution in [0.25, 0.3) is 11.0 Å². The third-order valence-electron chi connectivity index (χ3n) is 2.84. The molecule has 0 aliphatic carbocycles. The molecule has 0 aliphatic heterocycles. The first-order valence-corrected chi connectivity index (χ1v) is 5.59. The van der Waals surface area contributed by atoms with Crippen molar-refractivity contribution in [1.29, 1.82) is 0 Å². The Morgan fingerprint density at radius 1 is 1.31 bits per heavy atom. The SMILES string of the molecule is CC(C)n1cnc2cc(C(C)(C)O)ccc21. The Kier molecular flexibility index (Phi) is 2.50. The molecule has 0 unspecified atom stereocenters. The summed E-state index contributed by atoms with van der Waals surface area (Å²) in [5.74, 6) is 0. The van der Waals surface area contributed by atoms with E-state index in [1.807, 2.05) is 24.5 Å². The summed E-state index contributed by atoms with van der Waals surface area (Å²) in [4.78, 5) is 4.37. The molecule has 3 nitrogen and oxygen atoms in total. The fourth-order valence-electron chi connectivity index (χ4n) is 1.82. The first-order chi connectivity index (χ1) is 7.39. The molecule has 0 amide bonds. The van der Waals surface area contributed by atoms with Gasteiger partial charge in [0, 0.05) is 6.04 Å². The van der Waals surface area contributed by atoms with Crippen molar-refractivity contribution in [3.63, 3.8) is 0 Å². The van der Waals surface area contributed by atoms with Crippen molar-refractivity contribution in [1.82, 2.24) is 9.55 Å². The van der Waals surface area contributed by atoms with Crippen molar-refractivity contribution in [2.75, 3.05) is 0 Å². The van der Waals surface area contributed by atoms with Gasteiger partial charge in [-0.2, -0.15) is 0 Å². The van der Waals surface area contributed by atoms with Crippen molar-refractivity contribution < 1.29 is 5.11 Å². The Morgan fingerprint density at radius 3 is 2.56 bits per heavy atom. The van der Waals surface area contributed by atoms with Crippen LogP contribution in [0.5, 0.6) is 0 Å². The van der Waals surface area contributed by atoms with Crippen LogP contribution in [0.3, 0.4) is 0 Å². The molecule has 1 heterocycles. The highest BCUT2D eigenvalue weighted by molar-refractivity contribution is 5.76. The maximum absolute atomic E-state index is 9.93. The number of hydrogen-bond donors (Lipinski definition) is 1. The molecule has 0 saturated carbocycles. The van der Waals surface area contributed by atoms with Crippen LogP contribution in [0.1, 0.15) is 39.3 Å². The molecule has 1 aromatic carbocycles. The van der Waals surface area contributed by atoms with Crippen LogP contribution >= 0.6 is 0 Å². The molecule has 2 aromatic rings. The Hall–Kier alpha value is -1.35. The molecule has 2 rings (SSSR count). The highest BCUT2D eigenvalue weighted by Crippen LogP contribution is 2.24. The van der Waals surface area contributed by atoms with Crippen LogP contribution in [0.15, 0.2) is 24.5 Å². The van der Waals surface area contributed by atoms with Gasteiger partial charge >= 0.3 is 0 Å². The van der Waals surface area contributed by atoms with E-state index in [0.29, 0.717) is 6.04 Å². The summed E-state index contributed by atoms with van der Waals surface area (Å²) in [5.41, 5.74) is 2.14. The molecule has 0 spiro atoms. The minimum Gasteiger partial charge on any atom is -0.386 e. The van der Waals surface area contributed by atoms with Gasteiger partial charge in [0.05, 0.1) is 23.0 Å². The fraction of sp³-hybridized carbons (Fsp3) is 0.462. The smallest absolute Gasteiger partial charge is 0.0960 e. The molecule has 16 heavy (non-hydrogen) atoms. The number of fused-ring (bicyclic) bond motifs is 1. The third kappa shape index (κ3) is 1.83. The summed E-state index contributed by atoms with van der Waals surface area (Å²) >= 11 is 0. The Balaban J connectivity index is 2.58. The topological polar surface area (TPSA) is 38.0 Å². The molecule has 0 aliphatic rings. The second-order valence-corrected chi connectivity index (χ2v) is 5.01. The largest absolute Gasteiger partial charge is 0.386 e. The van der Waals surface area contributed by atoms with Crippen LogP contribution in [-0.4, -0.2) is 14.7 Å². The molecule has 1 aromatic heterocycles. The quantitative estimate of drug-likeness (QED) is 0.841. The van der Waals surface area contributed by atoms with Gasteiger partial charge in [-0.3, -0.25) is 0 Å². The van der Waals surface area contributed by atoms with Gasteiger partial charge in [0.25, 0.3) is 0 Å². The van der Waals surface area contributed by atoms with Crippen LogP contribution < -0.4 is 0 Å². The zero-order valence-electron chi connectivity index (χ0n) is 10.2. The van der Waals surface area contributed by atoms with Crippen LogP contribution in [-0.2, 0) is 5.60 Å². The van der Waals surface area contributed by atoms with E-state index in [4.69, 9.17) is 0 Å². The van der Waals surface area contributed by atoms with E-state index in [1.54, 1.807) is 13.8 Å². The maximum Gasteiger partial charge on any atom is 0.0960 e. The predicted molar refractivity (Wildman–Crippen MR) is 65.4 cm³/mol. The molecular formula is C13H18N2O. The Bertz CT molecular complexity index is 506. The molecule has 0 fully saturated rings. The van der Waals surface area contributed by atoms with E-state index in [0.717, 1.165) is 16.6 Å². The summed E-state index contributed by atoms with van der Waals surface area (Å²) in [6.45, 7) is 7.83. The minimum atomic E-state index is -0.810. The van der Waals surface area contributed by atoms with Crippen molar-refractivity contribution in [3.05, 3.63) is 30.1 Å². The standard InChI is InChI=1S/C13H18N2O/c1-9(2)15-8-14-11-7-10(13(3,4)16)5-6-12(11)15/h5-9,16H,1-4H3. The van der Waals surface area contributed by atoms with E-state index in [9.17, 15) is 5.11 Å². The van der Waals surface area contributed by atoms with E-state index in [-0.39, 0.29) is 0 Å². The third-order valence-corrected chi connectivity index (χ3v) is 2.84. The number of hydrogen-bond acceptors (Lipinski definition) is 2. The summed E-state index contributed by atoms with van der Waals surface area (Å²) < 4.78 is 2.13. The lowest BCUT2D eigenvalue weighted by molar-refractivity contribution is 0.0787. The number of rotatable bonds is 2. The zero-order valence-corrected chi connectivity index (χ0v) is 10.2. The molecule has 0 saturated heterocycles. The highest BCUT2D eigenvalue weighted by Gasteiger charge is 2.17. The van der Waals surface area contributed by atoms with E-state index < -0.39 is 5.60 Å². The molecule has 0 atom stereocenters. The summed E-state index contributed by atoms with van der Waals surface area (Å²) in [6.07, 6.45) is 1.85. The summed E-state index contributed by atoms with van der Waals surface area (Å²) in [7, 11) is 0. The fourth-order valence-corrected chi connectivity index (χ4v) is 1.82. The first-order valence-electron chi connectivity index (χ1n) is 5.59. The van der Waals surface area contributed by atoms with Crippen molar-refractivity contribution >= 4 is 11.0 Å². The number of imidazole rings is 1. The number of benzene rings is 1. The molecule has 0 radical (unpaired) electrons. The van der Waals surface area contributed by atoms with Crippen LogP contribution in [0.2, 0.25) is 0 Å². The van der Waals surface area contributed by atoms with Crippen molar-refractivity contribution in [3.8, 4) is 0 Å². The zero-order chi connectivity index (χ0) is 11.9. The average molecular weight is 218 g/mol. The van der Waals surface area contributed by atoms with Gasteiger partial charge in [-0.1, -0.05) is 6.07 Å². The molecular weight excluding hydrogens is 200 g/mol. The van der Waals surface area contributed by atoms with Gasteiger partial charge in [0.2, 0.25) is 0 Å². The van der Waals surface area contributed by atoms with Crippen LogP contribution in [0, 0.1) is 0 Å². The first kappa shape index (κ1) is 11.1. The van der Waals surface area contributed by atoms with Gasteiger partial charge in [-0.15, -0.1) is 0 Å². The monoisotopic (exact) mass is 218 g/mol. The van der Waals surface area contributed by atoms with Crippen molar-refractivity contribution in [2.45, 2.75) is 39.3 Å². The highest BCUT2D eigenvalue weighted by atomic mass is 16.3. The molecule has 86 valence electrons. The minimum absolute atomic E-state index is 0.401. The van der Waals surface area contributed by atoms with E-state index in [1.165, 1.54) is 0 Å². The number of aromatic nitrogens is 2. The summed E-state index contributed by atoms with van der Waals surface area (Å²) in [6, 6.07) is 6.34. The van der Waals surface area contributed by atoms with E-state index in [2.05, 4.69) is 23.4 Å². The van der Waals surface area contributed by atoms with Gasteiger partial charge < -0.3 is 9.67 Å². The van der Waals surface area contributed by atoms with Gasteiger partial charge in [0.1, 0.15) is 0 Å². The maximum atomic E-state index is 9.93. The van der Waals surface area contributed by atoms with E-state index >= 15 is 0 Å². The lowest BCUT2D eigenvalue weighted by atomic mass is 9.98. The Morgan fingerprint density at radius 2 is 2.00 bits per heavy atom. The second kappa shape index (κ2) is 3.59. The Labute approximate surface area is 95.7 Å². The van der Waals surface area contributed by atoms with Gasteiger partial charge in [-0.05, 0) is 45.4 Å². The summed E-state index contributed by atoms with van der Waals surface area (Å²) in [5, 5.41) is 9.93. The van der Waals surface area contributed by atoms with Crippen LogP contribution in [0.4, 0.5) is 0 Å². The van der Waals surface area contributed by atoms with Crippen molar-refractivity contribution in [2.24, 2.45) is 0 Å². The number of nitrogens with zero attached hydrogens (tertiary/aromatic N) is 2.